The van der Waals surface area contributed by atoms with Crippen LogP contribution in [-0.4, -0.2) is 44.3 Å². The van der Waals surface area contributed by atoms with Gasteiger partial charge in [0, 0.05) is 24.7 Å². The first-order valence-electron chi connectivity index (χ1n) is 7.35. The van der Waals surface area contributed by atoms with Gasteiger partial charge in [-0.2, -0.15) is 5.10 Å². The monoisotopic (exact) mass is 265 g/mol. The van der Waals surface area contributed by atoms with Crippen molar-refractivity contribution >= 4 is 0 Å². The van der Waals surface area contributed by atoms with Gasteiger partial charge in [-0.15, -0.1) is 0 Å². The summed E-state index contributed by atoms with van der Waals surface area (Å²) in [4.78, 5) is 6.92. The maximum absolute atomic E-state index is 4.38. The fourth-order valence-electron chi connectivity index (χ4n) is 2.61. The van der Waals surface area contributed by atoms with E-state index in [1.165, 1.54) is 19.4 Å². The fraction of sp³-hybridized carbons (Fsp3) is 0.857. The summed E-state index contributed by atoms with van der Waals surface area (Å²) in [6.45, 7) is 12.8. The lowest BCUT2D eigenvalue weighted by molar-refractivity contribution is 0.217. The Morgan fingerprint density at radius 3 is 2.89 bits per heavy atom. The molecular weight excluding hydrogens is 238 g/mol. The van der Waals surface area contributed by atoms with Gasteiger partial charge in [0.2, 0.25) is 0 Å². The third kappa shape index (κ3) is 4.01. The standard InChI is InChI=1S/C14H27N5/c1-5-19-13(15-11-17-19)10-18-8-6-7-12(18)9-16-14(2,3)4/h11-12,16H,5-10H2,1-4H3. The SMILES string of the molecule is CCn1ncnc1CN1CCCC1CNC(C)(C)C. The third-order valence-electron chi connectivity index (χ3n) is 3.71. The van der Waals surface area contributed by atoms with Crippen LogP contribution in [0, 0.1) is 0 Å². The van der Waals surface area contributed by atoms with Crippen molar-refractivity contribution in [3.63, 3.8) is 0 Å². The van der Waals surface area contributed by atoms with Gasteiger partial charge < -0.3 is 5.32 Å². The van der Waals surface area contributed by atoms with Gasteiger partial charge in [0.1, 0.15) is 12.2 Å². The minimum absolute atomic E-state index is 0.192. The van der Waals surface area contributed by atoms with E-state index >= 15 is 0 Å². The molecule has 2 rings (SSSR count). The Balaban J connectivity index is 1.92. The first-order valence-corrected chi connectivity index (χ1v) is 7.35. The number of hydrogen-bond donors (Lipinski definition) is 1. The number of nitrogens with one attached hydrogen (secondary N) is 1. The van der Waals surface area contributed by atoms with Crippen LogP contribution >= 0.6 is 0 Å². The van der Waals surface area contributed by atoms with E-state index in [0.29, 0.717) is 6.04 Å². The van der Waals surface area contributed by atoms with Crippen LogP contribution in [0.25, 0.3) is 0 Å². The van der Waals surface area contributed by atoms with Gasteiger partial charge in [-0.25, -0.2) is 9.67 Å². The zero-order valence-corrected chi connectivity index (χ0v) is 12.7. The van der Waals surface area contributed by atoms with Crippen LogP contribution in [0.2, 0.25) is 0 Å². The molecule has 108 valence electrons. The van der Waals surface area contributed by atoms with Crippen LogP contribution < -0.4 is 5.32 Å². The molecule has 1 saturated heterocycles. The average Bonchev–Trinajstić information content (AvgIpc) is 2.95. The molecule has 0 aromatic carbocycles. The summed E-state index contributed by atoms with van der Waals surface area (Å²) < 4.78 is 1.99. The van der Waals surface area contributed by atoms with Gasteiger partial charge in [-0.05, 0) is 47.1 Å². The van der Waals surface area contributed by atoms with E-state index in [0.717, 1.165) is 25.5 Å². The largest absolute Gasteiger partial charge is 0.311 e. The van der Waals surface area contributed by atoms with Gasteiger partial charge in [0.15, 0.2) is 0 Å². The minimum Gasteiger partial charge on any atom is -0.311 e. The summed E-state index contributed by atoms with van der Waals surface area (Å²) in [5.74, 6) is 1.09. The molecule has 0 amide bonds. The molecule has 5 heteroatoms. The molecule has 0 spiro atoms. The normalized spacial score (nSPS) is 21.2. The summed E-state index contributed by atoms with van der Waals surface area (Å²) in [6, 6.07) is 0.626. The van der Waals surface area contributed by atoms with Crippen molar-refractivity contribution in [1.82, 2.24) is 25.0 Å². The summed E-state index contributed by atoms with van der Waals surface area (Å²) in [7, 11) is 0. The highest BCUT2D eigenvalue weighted by Gasteiger charge is 2.26. The second kappa shape index (κ2) is 6.01. The highest BCUT2D eigenvalue weighted by atomic mass is 15.4. The van der Waals surface area contributed by atoms with Crippen molar-refractivity contribution in [2.75, 3.05) is 13.1 Å². The van der Waals surface area contributed by atoms with Crippen LogP contribution in [0.5, 0.6) is 0 Å². The van der Waals surface area contributed by atoms with Crippen molar-refractivity contribution in [3.05, 3.63) is 12.2 Å². The quantitative estimate of drug-likeness (QED) is 0.879. The Labute approximate surface area is 116 Å². The molecule has 0 aliphatic carbocycles. The maximum Gasteiger partial charge on any atom is 0.141 e. The van der Waals surface area contributed by atoms with Gasteiger partial charge >= 0.3 is 0 Å². The van der Waals surface area contributed by atoms with Crippen molar-refractivity contribution in [1.29, 1.82) is 0 Å². The summed E-state index contributed by atoms with van der Waals surface area (Å²) in [5.41, 5.74) is 0.192. The maximum atomic E-state index is 4.38. The third-order valence-corrected chi connectivity index (χ3v) is 3.71. The number of rotatable bonds is 5. The van der Waals surface area contributed by atoms with E-state index < -0.39 is 0 Å². The Hall–Kier alpha value is -0.940. The first-order chi connectivity index (χ1) is 8.99. The lowest BCUT2D eigenvalue weighted by Crippen LogP contribution is -2.45. The van der Waals surface area contributed by atoms with E-state index in [1.54, 1.807) is 6.33 Å². The fourth-order valence-corrected chi connectivity index (χ4v) is 2.61. The topological polar surface area (TPSA) is 46.0 Å². The number of hydrogen-bond acceptors (Lipinski definition) is 4. The van der Waals surface area contributed by atoms with E-state index in [9.17, 15) is 0 Å². The van der Waals surface area contributed by atoms with E-state index in [2.05, 4.69) is 48.0 Å². The Morgan fingerprint density at radius 2 is 2.21 bits per heavy atom. The lowest BCUT2D eigenvalue weighted by Gasteiger charge is -2.28. The average molecular weight is 265 g/mol. The van der Waals surface area contributed by atoms with Crippen LogP contribution in [0.4, 0.5) is 0 Å². The summed E-state index contributed by atoms with van der Waals surface area (Å²) in [5, 5.41) is 7.87. The molecule has 0 bridgehead atoms. The highest BCUT2D eigenvalue weighted by molar-refractivity contribution is 4.90. The van der Waals surface area contributed by atoms with Gasteiger partial charge in [-0.3, -0.25) is 4.90 Å². The van der Waals surface area contributed by atoms with Gasteiger partial charge in [0.25, 0.3) is 0 Å². The summed E-state index contributed by atoms with van der Waals surface area (Å²) >= 11 is 0. The number of aryl methyl sites for hydroxylation is 1. The predicted molar refractivity (Wildman–Crippen MR) is 76.9 cm³/mol. The lowest BCUT2D eigenvalue weighted by atomic mass is 10.1. The molecule has 1 aromatic heterocycles. The minimum atomic E-state index is 0.192. The van der Waals surface area contributed by atoms with Crippen molar-refractivity contribution in [2.45, 2.75) is 65.2 Å². The summed E-state index contributed by atoms with van der Waals surface area (Å²) in [6.07, 6.45) is 4.23. The second-order valence-electron chi connectivity index (χ2n) is 6.39. The first kappa shape index (κ1) is 14.5. The zero-order chi connectivity index (χ0) is 13.9. The van der Waals surface area contributed by atoms with E-state index in [4.69, 9.17) is 0 Å². The van der Waals surface area contributed by atoms with Gasteiger partial charge in [0.05, 0.1) is 6.54 Å². The van der Waals surface area contributed by atoms with E-state index in [-0.39, 0.29) is 5.54 Å². The molecule has 1 aliphatic heterocycles. The number of aromatic nitrogens is 3. The molecule has 1 atom stereocenters. The Kier molecular flexibility index (Phi) is 4.58. The van der Waals surface area contributed by atoms with Crippen LogP contribution in [0.15, 0.2) is 6.33 Å². The molecule has 5 nitrogen and oxygen atoms in total. The zero-order valence-electron chi connectivity index (χ0n) is 12.7. The molecule has 0 saturated carbocycles. The van der Waals surface area contributed by atoms with E-state index in [1.807, 2.05) is 4.68 Å². The highest BCUT2D eigenvalue weighted by Crippen LogP contribution is 2.19. The van der Waals surface area contributed by atoms with Crippen molar-refractivity contribution < 1.29 is 0 Å². The van der Waals surface area contributed by atoms with Gasteiger partial charge in [-0.1, -0.05) is 0 Å². The Morgan fingerprint density at radius 1 is 1.42 bits per heavy atom. The molecule has 0 radical (unpaired) electrons. The molecule has 1 unspecified atom stereocenters. The van der Waals surface area contributed by atoms with Crippen LogP contribution in [-0.2, 0) is 13.1 Å². The van der Waals surface area contributed by atoms with Crippen LogP contribution in [0.3, 0.4) is 0 Å². The predicted octanol–water partition coefficient (Wildman–Crippen LogP) is 1.65. The molecule has 1 fully saturated rings. The molecule has 1 aromatic rings. The molecule has 2 heterocycles. The molecule has 1 aliphatic rings. The smallest absolute Gasteiger partial charge is 0.141 e. The molecular formula is C14H27N5. The van der Waals surface area contributed by atoms with Crippen LogP contribution in [0.1, 0.15) is 46.4 Å². The second-order valence-corrected chi connectivity index (χ2v) is 6.39. The Bertz CT molecular complexity index is 393. The molecule has 1 N–H and O–H groups in total. The number of nitrogens with zero attached hydrogens (tertiary/aromatic N) is 4. The van der Waals surface area contributed by atoms with Crippen molar-refractivity contribution in [3.8, 4) is 0 Å². The molecule has 19 heavy (non-hydrogen) atoms. The number of likely N-dealkylation sites (tertiary alicyclic amines) is 1. The van der Waals surface area contributed by atoms with Crippen molar-refractivity contribution in [2.24, 2.45) is 0 Å².